The van der Waals surface area contributed by atoms with Gasteiger partial charge in [-0.25, -0.2) is 0 Å². The number of nitrogens with zero attached hydrogens (tertiary/aromatic N) is 1. The third-order valence-corrected chi connectivity index (χ3v) is 17.5. The number of benzene rings is 10. The van der Waals surface area contributed by atoms with Crippen LogP contribution in [0.4, 0.5) is 17.1 Å². The van der Waals surface area contributed by atoms with Crippen LogP contribution in [0.15, 0.2) is 244 Å². The fraction of sp³-hybridized carbons (Fsp3) is 0.0164. The van der Waals surface area contributed by atoms with Crippen molar-refractivity contribution in [2.75, 3.05) is 4.90 Å². The van der Waals surface area contributed by atoms with Crippen LogP contribution in [0, 0.1) is 0 Å². The van der Waals surface area contributed by atoms with Crippen LogP contribution >= 0.6 is 34.9 Å². The average molecular weight is 880 g/mol. The standard InChI is InChI=1S/C61H37NS3/c1-2-12-38(13-3-1)39-22-27-42(28-23-39)62(43-29-24-40(25-30-43)41-26-34-55-49(36-41)47-16-6-9-19-54(47)63-55)44-31-32-48-53(37-44)61(50-17-7-4-14-45(50)46-15-5-8-18-51(46)61)52-33-35-58-60(59(48)52)65-57-21-11-10-20-56(57)64-58/h1-37H. The Morgan fingerprint density at radius 3 is 1.63 bits per heavy atom. The molecular formula is C61H37NS3. The molecule has 1 aliphatic heterocycles. The SMILES string of the molecule is c1ccc(-c2ccc(N(c3ccc(-c4ccc5sc6ccccc6c5c4)cc3)c3ccc4c(c3)C3(c5ccccc5-c5ccccc53)c3ccc5c(c3-4)Sc3ccccc3S5)cc2)cc1. The first-order valence-corrected chi connectivity index (χ1v) is 24.6. The Labute approximate surface area is 390 Å². The molecule has 1 spiro atoms. The maximum absolute atomic E-state index is 2.52. The van der Waals surface area contributed by atoms with Gasteiger partial charge in [0.05, 0.1) is 5.41 Å². The van der Waals surface area contributed by atoms with Gasteiger partial charge in [0.15, 0.2) is 0 Å². The van der Waals surface area contributed by atoms with E-state index in [1.165, 1.54) is 107 Å². The van der Waals surface area contributed by atoms with E-state index >= 15 is 0 Å². The summed E-state index contributed by atoms with van der Waals surface area (Å²) < 4.78 is 2.65. The van der Waals surface area contributed by atoms with Crippen LogP contribution < -0.4 is 4.90 Å². The smallest absolute Gasteiger partial charge is 0.0726 e. The Hall–Kier alpha value is -7.08. The van der Waals surface area contributed by atoms with Gasteiger partial charge in [-0.3, -0.25) is 0 Å². The predicted molar refractivity (Wildman–Crippen MR) is 276 cm³/mol. The maximum atomic E-state index is 2.52. The molecule has 0 fully saturated rings. The Bertz CT molecular complexity index is 3670. The van der Waals surface area contributed by atoms with Crippen LogP contribution in [0.2, 0.25) is 0 Å². The van der Waals surface area contributed by atoms with E-state index in [2.05, 4.69) is 229 Å². The second kappa shape index (κ2) is 14.5. The molecular weight excluding hydrogens is 843 g/mol. The lowest BCUT2D eigenvalue weighted by Crippen LogP contribution is -2.26. The zero-order chi connectivity index (χ0) is 42.6. The van der Waals surface area contributed by atoms with Gasteiger partial charge in [0.1, 0.15) is 0 Å². The number of hydrogen-bond donors (Lipinski definition) is 0. The second-order valence-corrected chi connectivity index (χ2v) is 20.4. The van der Waals surface area contributed by atoms with Crippen LogP contribution in [0.1, 0.15) is 22.3 Å². The zero-order valence-electron chi connectivity index (χ0n) is 35.0. The molecule has 2 heterocycles. The average Bonchev–Trinajstić information content (AvgIpc) is 4.00. The third-order valence-electron chi connectivity index (χ3n) is 13.8. The van der Waals surface area contributed by atoms with E-state index in [-0.39, 0.29) is 0 Å². The molecule has 11 aromatic rings. The van der Waals surface area contributed by atoms with E-state index in [0.29, 0.717) is 0 Å². The lowest BCUT2D eigenvalue weighted by atomic mass is 9.70. The molecule has 0 amide bonds. The molecule has 0 N–H and O–H groups in total. The minimum absolute atomic E-state index is 0.484. The van der Waals surface area contributed by atoms with Crippen molar-refractivity contribution in [2.45, 2.75) is 25.0 Å². The van der Waals surface area contributed by atoms with Gasteiger partial charge >= 0.3 is 0 Å². The van der Waals surface area contributed by atoms with E-state index in [1.807, 2.05) is 34.9 Å². The third kappa shape index (κ3) is 5.55. The summed E-state index contributed by atoms with van der Waals surface area (Å²) in [5.41, 5.74) is 18.4. The van der Waals surface area contributed by atoms with E-state index in [0.717, 1.165) is 17.1 Å². The number of thiophene rings is 1. The Balaban J connectivity index is 0.969. The van der Waals surface area contributed by atoms with Crippen LogP contribution in [-0.4, -0.2) is 0 Å². The number of fused-ring (bicyclic) bond motifs is 16. The minimum Gasteiger partial charge on any atom is -0.310 e. The fourth-order valence-corrected chi connectivity index (χ4v) is 14.4. The minimum atomic E-state index is -0.484. The van der Waals surface area contributed by atoms with Crippen molar-refractivity contribution in [1.29, 1.82) is 0 Å². The van der Waals surface area contributed by atoms with Gasteiger partial charge < -0.3 is 4.90 Å². The highest BCUT2D eigenvalue weighted by atomic mass is 32.2. The van der Waals surface area contributed by atoms with Gasteiger partial charge in [-0.15, -0.1) is 11.3 Å². The van der Waals surface area contributed by atoms with E-state index < -0.39 is 5.41 Å². The van der Waals surface area contributed by atoms with Gasteiger partial charge in [-0.05, 0) is 134 Å². The summed E-state index contributed by atoms with van der Waals surface area (Å²) in [4.78, 5) is 7.78. The first-order chi connectivity index (χ1) is 32.2. The highest BCUT2D eigenvalue weighted by Gasteiger charge is 2.53. The van der Waals surface area contributed by atoms with E-state index in [4.69, 9.17) is 0 Å². The van der Waals surface area contributed by atoms with Gasteiger partial charge in [-0.2, -0.15) is 0 Å². The second-order valence-electron chi connectivity index (χ2n) is 17.1. The molecule has 0 saturated heterocycles. The molecule has 3 aliphatic rings. The van der Waals surface area contributed by atoms with E-state index in [9.17, 15) is 0 Å². The number of hydrogen-bond acceptors (Lipinski definition) is 4. The summed E-state index contributed by atoms with van der Waals surface area (Å²) in [6.45, 7) is 0. The maximum Gasteiger partial charge on any atom is 0.0726 e. The van der Waals surface area contributed by atoms with Gasteiger partial charge in [0, 0.05) is 62.4 Å². The van der Waals surface area contributed by atoms with Crippen molar-refractivity contribution in [3.05, 3.63) is 247 Å². The predicted octanol–water partition coefficient (Wildman–Crippen LogP) is 17.8. The zero-order valence-corrected chi connectivity index (χ0v) is 37.5. The molecule has 4 heteroatoms. The molecule has 1 aromatic heterocycles. The molecule has 2 aliphatic carbocycles. The highest BCUT2D eigenvalue weighted by molar-refractivity contribution is 8.05. The Morgan fingerprint density at radius 2 is 0.892 bits per heavy atom. The lowest BCUT2D eigenvalue weighted by Gasteiger charge is -2.32. The number of anilines is 3. The normalized spacial score (nSPS) is 13.5. The topological polar surface area (TPSA) is 3.24 Å². The molecule has 0 saturated carbocycles. The molecule has 14 rings (SSSR count). The Morgan fingerprint density at radius 1 is 0.323 bits per heavy atom. The van der Waals surface area contributed by atoms with Crippen molar-refractivity contribution in [3.63, 3.8) is 0 Å². The molecule has 0 bridgehead atoms. The summed E-state index contributed by atoms with van der Waals surface area (Å²) in [6, 6.07) is 83.9. The van der Waals surface area contributed by atoms with Gasteiger partial charge in [0.2, 0.25) is 0 Å². The summed E-state index contributed by atoms with van der Waals surface area (Å²) in [6.07, 6.45) is 0. The van der Waals surface area contributed by atoms with Gasteiger partial charge in [0.25, 0.3) is 0 Å². The van der Waals surface area contributed by atoms with Crippen molar-refractivity contribution in [3.8, 4) is 44.5 Å². The van der Waals surface area contributed by atoms with Gasteiger partial charge in [-0.1, -0.05) is 175 Å². The van der Waals surface area contributed by atoms with Crippen molar-refractivity contribution >= 4 is 72.1 Å². The molecule has 1 nitrogen and oxygen atoms in total. The summed E-state index contributed by atoms with van der Waals surface area (Å²) in [7, 11) is 0. The Kier molecular flexibility index (Phi) is 8.30. The quantitative estimate of drug-likeness (QED) is 0.170. The lowest BCUT2D eigenvalue weighted by molar-refractivity contribution is 0.790. The van der Waals surface area contributed by atoms with E-state index in [1.54, 1.807) is 0 Å². The summed E-state index contributed by atoms with van der Waals surface area (Å²) in [5.74, 6) is 0. The summed E-state index contributed by atoms with van der Waals surface area (Å²) in [5, 5.41) is 2.64. The number of rotatable bonds is 5. The van der Waals surface area contributed by atoms with Crippen LogP contribution in [-0.2, 0) is 5.41 Å². The first kappa shape index (κ1) is 37.3. The largest absolute Gasteiger partial charge is 0.310 e. The molecule has 304 valence electrons. The fourth-order valence-electron chi connectivity index (χ4n) is 10.9. The van der Waals surface area contributed by atoms with Crippen molar-refractivity contribution < 1.29 is 0 Å². The highest BCUT2D eigenvalue weighted by Crippen LogP contribution is 2.66. The van der Waals surface area contributed by atoms with Crippen LogP contribution in [0.5, 0.6) is 0 Å². The van der Waals surface area contributed by atoms with Crippen molar-refractivity contribution in [1.82, 2.24) is 0 Å². The van der Waals surface area contributed by atoms with Crippen LogP contribution in [0.25, 0.3) is 64.7 Å². The van der Waals surface area contributed by atoms with Crippen molar-refractivity contribution in [2.24, 2.45) is 0 Å². The molecule has 10 aromatic carbocycles. The molecule has 0 atom stereocenters. The molecule has 0 radical (unpaired) electrons. The van der Waals surface area contributed by atoms with Crippen LogP contribution in [0.3, 0.4) is 0 Å². The monoisotopic (exact) mass is 879 g/mol. The summed E-state index contributed by atoms with van der Waals surface area (Å²) >= 11 is 5.70. The molecule has 65 heavy (non-hydrogen) atoms. The first-order valence-electron chi connectivity index (χ1n) is 22.1. The molecule has 0 unspecified atom stereocenters.